The van der Waals surface area contributed by atoms with Crippen molar-refractivity contribution >= 4 is 40.8 Å². The first-order valence-electron chi connectivity index (χ1n) is 15.0. The predicted octanol–water partition coefficient (Wildman–Crippen LogP) is 5.96. The van der Waals surface area contributed by atoms with Gasteiger partial charge in [0.2, 0.25) is 11.8 Å². The summed E-state index contributed by atoms with van der Waals surface area (Å²) in [7, 11) is 0. The maximum Gasteiger partial charge on any atom is 0.307 e. The number of aryl methyl sites for hydroxylation is 1. The molecule has 1 aromatic carbocycles. The molecule has 0 spiro atoms. The number of aldehydes is 1. The van der Waals surface area contributed by atoms with Gasteiger partial charge in [0.25, 0.3) is 0 Å². The molecule has 1 aromatic heterocycles. The van der Waals surface area contributed by atoms with Gasteiger partial charge in [0.05, 0.1) is 36.0 Å². The van der Waals surface area contributed by atoms with Gasteiger partial charge < -0.3 is 19.2 Å². The van der Waals surface area contributed by atoms with Crippen LogP contribution in [0.3, 0.4) is 0 Å². The van der Waals surface area contributed by atoms with Crippen molar-refractivity contribution in [1.82, 2.24) is 14.9 Å². The Labute approximate surface area is 247 Å². The number of carbonyl (C=O) groups is 3. The first kappa shape index (κ1) is 29.7. The Hall–Kier alpha value is -2.74. The fraction of sp³-hybridized carbons (Fsp3) is 0.656. The Morgan fingerprint density at radius 2 is 1.93 bits per heavy atom. The summed E-state index contributed by atoms with van der Waals surface area (Å²) in [4.78, 5) is 51.1. The molecule has 3 heterocycles. The van der Waals surface area contributed by atoms with E-state index in [9.17, 15) is 14.4 Å². The van der Waals surface area contributed by atoms with Crippen molar-refractivity contribution in [3.63, 3.8) is 0 Å². The van der Waals surface area contributed by atoms with Crippen LogP contribution in [0.15, 0.2) is 18.2 Å². The average molecular weight is 584 g/mol. The molecule has 1 amide bonds. The van der Waals surface area contributed by atoms with E-state index in [0.717, 1.165) is 49.6 Å². The topological polar surface area (TPSA) is 98.7 Å². The quantitative estimate of drug-likeness (QED) is 0.318. The van der Waals surface area contributed by atoms with Crippen molar-refractivity contribution in [2.45, 2.75) is 104 Å². The van der Waals surface area contributed by atoms with Crippen LogP contribution in [0.2, 0.25) is 5.02 Å². The second-order valence-electron chi connectivity index (χ2n) is 13.4. The number of halogens is 1. The van der Waals surface area contributed by atoms with E-state index in [1.54, 1.807) is 17.0 Å². The van der Waals surface area contributed by atoms with Gasteiger partial charge in [-0.1, -0.05) is 52.1 Å². The molecule has 2 fully saturated rings. The van der Waals surface area contributed by atoms with Crippen LogP contribution in [0.1, 0.15) is 85.3 Å². The number of hydrogen-bond acceptors (Lipinski definition) is 7. The number of aromatic nitrogens is 2. The van der Waals surface area contributed by atoms with Crippen LogP contribution < -0.4 is 4.74 Å². The van der Waals surface area contributed by atoms with E-state index < -0.39 is 29.1 Å². The summed E-state index contributed by atoms with van der Waals surface area (Å²) in [6, 6.07) is 4.79. The molecular weight excluding hydrogens is 542 g/mol. The SMILES string of the molecule is CC[C@@H]1[C@@H]2CN(C(=O)[C@H](C(C)(C)C)CC(=O)O[C@]3(C)C[C@H]3CCCCCc3nc4ccc(Cl)cc4nc3O2)[C@@H]1C=O. The third-order valence-corrected chi connectivity index (χ3v) is 9.59. The van der Waals surface area contributed by atoms with Gasteiger partial charge in [-0.15, -0.1) is 0 Å². The van der Waals surface area contributed by atoms with Gasteiger partial charge in [0, 0.05) is 16.9 Å². The molecule has 0 N–H and O–H groups in total. The highest BCUT2D eigenvalue weighted by molar-refractivity contribution is 6.31. The summed E-state index contributed by atoms with van der Waals surface area (Å²) in [5.41, 5.74) is 1.20. The van der Waals surface area contributed by atoms with Gasteiger partial charge in [0.15, 0.2) is 0 Å². The average Bonchev–Trinajstić information content (AvgIpc) is 3.39. The van der Waals surface area contributed by atoms with E-state index >= 15 is 0 Å². The number of rotatable bonds is 2. The van der Waals surface area contributed by atoms with Gasteiger partial charge in [-0.05, 0) is 62.6 Å². The zero-order valence-corrected chi connectivity index (χ0v) is 25.6. The molecule has 2 aliphatic heterocycles. The Morgan fingerprint density at radius 3 is 2.63 bits per heavy atom. The number of hydrogen-bond donors (Lipinski definition) is 0. The Kier molecular flexibility index (Phi) is 8.34. The first-order chi connectivity index (χ1) is 19.4. The molecule has 41 heavy (non-hydrogen) atoms. The van der Waals surface area contributed by atoms with Crippen LogP contribution in [0.4, 0.5) is 0 Å². The lowest BCUT2D eigenvalue weighted by atomic mass is 9.77. The van der Waals surface area contributed by atoms with Crippen molar-refractivity contribution < 1.29 is 23.9 Å². The number of amides is 1. The van der Waals surface area contributed by atoms with Crippen molar-refractivity contribution in [2.75, 3.05) is 6.54 Å². The normalized spacial score (nSPS) is 31.4. The number of nitrogens with zero attached hydrogens (tertiary/aromatic N) is 3. The second kappa shape index (κ2) is 11.5. The molecule has 2 aromatic rings. The van der Waals surface area contributed by atoms with Gasteiger partial charge in [0.1, 0.15) is 23.7 Å². The molecule has 9 heteroatoms. The number of fused-ring (bicyclic) bond motifs is 5. The van der Waals surface area contributed by atoms with Crippen LogP contribution in [0, 0.1) is 23.2 Å². The Bertz CT molecular complexity index is 1330. The lowest BCUT2D eigenvalue weighted by Gasteiger charge is -2.34. The van der Waals surface area contributed by atoms with E-state index in [1.807, 2.05) is 40.7 Å². The smallest absolute Gasteiger partial charge is 0.307 e. The van der Waals surface area contributed by atoms with Crippen molar-refractivity contribution in [1.29, 1.82) is 0 Å². The largest absolute Gasteiger partial charge is 0.471 e. The van der Waals surface area contributed by atoms with E-state index in [2.05, 4.69) is 0 Å². The maximum absolute atomic E-state index is 14.1. The van der Waals surface area contributed by atoms with Gasteiger partial charge in [-0.3, -0.25) is 9.59 Å². The Morgan fingerprint density at radius 1 is 1.15 bits per heavy atom. The molecule has 0 radical (unpaired) electrons. The third-order valence-electron chi connectivity index (χ3n) is 9.35. The molecule has 1 saturated heterocycles. The number of carbonyl (C=O) groups excluding carboxylic acids is 3. The molecule has 1 aliphatic carbocycles. The van der Waals surface area contributed by atoms with Crippen LogP contribution in [0.5, 0.6) is 5.88 Å². The lowest BCUT2D eigenvalue weighted by molar-refractivity contribution is -0.158. The highest BCUT2D eigenvalue weighted by Gasteiger charge is 2.54. The van der Waals surface area contributed by atoms with E-state index in [-0.39, 0.29) is 30.8 Å². The van der Waals surface area contributed by atoms with Gasteiger partial charge >= 0.3 is 5.97 Å². The van der Waals surface area contributed by atoms with E-state index in [0.29, 0.717) is 35.2 Å². The van der Waals surface area contributed by atoms with Crippen LogP contribution in [-0.4, -0.2) is 57.3 Å². The lowest BCUT2D eigenvalue weighted by Crippen LogP contribution is -2.46. The summed E-state index contributed by atoms with van der Waals surface area (Å²) in [6.45, 7) is 10.1. The molecule has 2 bridgehead atoms. The standard InChI is InChI=1S/C32H42ClN3O5/c1-6-21-26(18-37)36-17-27(21)40-29-24(34-23-13-12-20(33)14-25(23)35-29)11-9-7-8-10-19-16-32(19,5)41-28(38)15-22(30(36)39)31(2,3)4/h12-14,18-19,21-22,26-27H,6-11,15-17H2,1-5H3/t19-,21+,22-,26-,27+,32-/m1/s1. The number of ether oxygens (including phenoxy) is 2. The fourth-order valence-corrected chi connectivity index (χ4v) is 6.81. The minimum Gasteiger partial charge on any atom is -0.471 e. The predicted molar refractivity (Wildman–Crippen MR) is 157 cm³/mol. The minimum atomic E-state index is -0.655. The van der Waals surface area contributed by atoms with Crippen LogP contribution >= 0.6 is 11.6 Å². The maximum atomic E-state index is 14.1. The highest BCUT2D eigenvalue weighted by Crippen LogP contribution is 2.50. The van der Waals surface area contributed by atoms with E-state index in [4.69, 9.17) is 31.0 Å². The van der Waals surface area contributed by atoms with E-state index in [1.165, 1.54) is 0 Å². The van der Waals surface area contributed by atoms with Crippen LogP contribution in [-0.2, 0) is 25.5 Å². The molecular formula is C32H42ClN3O5. The summed E-state index contributed by atoms with van der Waals surface area (Å²) in [6.07, 6.45) is 6.54. The molecule has 8 nitrogen and oxygen atoms in total. The molecule has 0 unspecified atom stereocenters. The van der Waals surface area contributed by atoms with Crippen molar-refractivity contribution in [2.24, 2.45) is 23.2 Å². The summed E-state index contributed by atoms with van der Waals surface area (Å²) in [5, 5.41) is 0.566. The molecule has 1 saturated carbocycles. The van der Waals surface area contributed by atoms with Gasteiger partial charge in [-0.2, -0.15) is 0 Å². The zero-order valence-electron chi connectivity index (χ0n) is 24.8. The fourth-order valence-electron chi connectivity index (χ4n) is 6.65. The minimum absolute atomic E-state index is 0.0178. The molecule has 3 aliphatic rings. The summed E-state index contributed by atoms with van der Waals surface area (Å²) < 4.78 is 12.6. The molecule has 6 atom stereocenters. The van der Waals surface area contributed by atoms with Gasteiger partial charge in [-0.25, -0.2) is 9.97 Å². The van der Waals surface area contributed by atoms with Crippen LogP contribution in [0.25, 0.3) is 11.0 Å². The van der Waals surface area contributed by atoms with Crippen molar-refractivity contribution in [3.05, 3.63) is 28.9 Å². The number of esters is 1. The molecule has 5 rings (SSSR count). The second-order valence-corrected chi connectivity index (χ2v) is 13.8. The highest BCUT2D eigenvalue weighted by atomic mass is 35.5. The van der Waals surface area contributed by atoms with Crippen molar-refractivity contribution in [3.8, 4) is 5.88 Å². The Balaban J connectivity index is 1.52. The first-order valence-corrected chi connectivity index (χ1v) is 15.4. The zero-order chi connectivity index (χ0) is 29.5. The summed E-state index contributed by atoms with van der Waals surface area (Å²) >= 11 is 6.26. The third kappa shape index (κ3) is 6.23. The number of benzene rings is 1. The monoisotopic (exact) mass is 583 g/mol. The summed E-state index contributed by atoms with van der Waals surface area (Å²) in [5.74, 6) is -0.642. The molecule has 222 valence electrons.